The predicted octanol–water partition coefficient (Wildman–Crippen LogP) is 0.787. The van der Waals surface area contributed by atoms with Gasteiger partial charge in [-0.25, -0.2) is 0 Å². The lowest BCUT2D eigenvalue weighted by Crippen LogP contribution is -2.40. The fourth-order valence-electron chi connectivity index (χ4n) is 2.06. The van der Waals surface area contributed by atoms with Gasteiger partial charge in [0.2, 0.25) is 0 Å². The Kier molecular flexibility index (Phi) is 11.5. The molecule has 0 radical (unpaired) electrons. The van der Waals surface area contributed by atoms with Crippen molar-refractivity contribution >= 4 is 55.0 Å². The van der Waals surface area contributed by atoms with E-state index in [-0.39, 0.29) is 0 Å². The molecule has 0 saturated heterocycles. The van der Waals surface area contributed by atoms with Crippen LogP contribution in [0.4, 0.5) is 0 Å². The van der Waals surface area contributed by atoms with Crippen LogP contribution in [0.3, 0.4) is 0 Å². The normalized spacial score (nSPS) is 14.9. The average Bonchev–Trinajstić information content (AvgIpc) is 2.37. The van der Waals surface area contributed by atoms with Crippen LogP contribution in [0.2, 0.25) is 56.7 Å². The second kappa shape index (κ2) is 10.9. The summed E-state index contributed by atoms with van der Waals surface area (Å²) >= 11 is 0. The van der Waals surface area contributed by atoms with E-state index in [4.69, 9.17) is 17.5 Å². The van der Waals surface area contributed by atoms with E-state index in [9.17, 15) is 0 Å². The van der Waals surface area contributed by atoms with Crippen molar-refractivity contribution in [3.63, 3.8) is 0 Å². The zero-order chi connectivity index (χ0) is 17.3. The fraction of sp³-hybridized carbons (Fsp3) is 1.00. The summed E-state index contributed by atoms with van der Waals surface area (Å²) in [7, 11) is -4.36. The van der Waals surface area contributed by atoms with Crippen LogP contribution in [0.1, 0.15) is 12.8 Å². The molecule has 0 spiro atoms. The van der Waals surface area contributed by atoms with E-state index in [0.717, 1.165) is 23.3 Å². The molecule has 0 saturated carbocycles. The summed E-state index contributed by atoms with van der Waals surface area (Å²) in [5.74, 6) is 0. The number of rotatable bonds is 13. The molecule has 0 atom stereocenters. The Morgan fingerprint density at radius 1 is 0.818 bits per heavy atom. The van der Waals surface area contributed by atoms with Crippen LogP contribution >= 0.6 is 0 Å². The SMILES string of the molecule is C[Si](C)(C[SiH2]O[Si](C)(C)C[SiH2]O[Si](C)(C)CCCCO)O[SiH3]. The topological polar surface area (TPSA) is 47.9 Å². The highest BCUT2D eigenvalue weighted by atomic mass is 28.4. The monoisotopic (exact) mass is 414 g/mol. The molecule has 0 bridgehead atoms. The van der Waals surface area contributed by atoms with Crippen molar-refractivity contribution in [1.82, 2.24) is 0 Å². The van der Waals surface area contributed by atoms with Crippen LogP contribution in [-0.4, -0.2) is 66.7 Å². The molecule has 0 aromatic rings. The van der Waals surface area contributed by atoms with Crippen LogP contribution in [0, 0.1) is 0 Å². The molecule has 0 aliphatic rings. The third kappa shape index (κ3) is 12.6. The van der Waals surface area contributed by atoms with Gasteiger partial charge in [-0.05, 0) is 63.1 Å². The Morgan fingerprint density at radius 3 is 1.82 bits per heavy atom. The van der Waals surface area contributed by atoms with E-state index in [1.807, 2.05) is 0 Å². The minimum atomic E-state index is -1.50. The van der Waals surface area contributed by atoms with Crippen LogP contribution in [-0.2, 0) is 12.3 Å². The van der Waals surface area contributed by atoms with E-state index in [2.05, 4.69) is 39.3 Å². The Bertz CT molecular complexity index is 301. The third-order valence-corrected chi connectivity index (χ3v) is 29.3. The van der Waals surface area contributed by atoms with E-state index >= 15 is 0 Å². The van der Waals surface area contributed by atoms with Crippen LogP contribution in [0.5, 0.6) is 0 Å². The lowest BCUT2D eigenvalue weighted by Gasteiger charge is -2.29. The molecule has 0 aliphatic heterocycles. The maximum absolute atomic E-state index is 8.88. The second-order valence-electron chi connectivity index (χ2n) is 7.86. The van der Waals surface area contributed by atoms with Crippen molar-refractivity contribution in [3.05, 3.63) is 0 Å². The van der Waals surface area contributed by atoms with Crippen molar-refractivity contribution in [2.75, 3.05) is 6.61 Å². The maximum atomic E-state index is 8.88. The van der Waals surface area contributed by atoms with Gasteiger partial charge >= 0.3 is 0 Å². The summed E-state index contributed by atoms with van der Waals surface area (Å²) in [6.45, 7) is 14.3. The first-order chi connectivity index (χ1) is 10.0. The quantitative estimate of drug-likeness (QED) is 0.357. The molecule has 0 amide bonds. The van der Waals surface area contributed by atoms with Crippen molar-refractivity contribution < 1.29 is 17.5 Å². The Balaban J connectivity index is 3.96. The standard InChI is InChI=1S/C12H38O4Si6/c1-20(2,10-8-7-9-13)15-19-12-22(5,6)16-18-11-21(3,4)14-17/h13H,7-12,18-19H2,1-6,17H3. The highest BCUT2D eigenvalue weighted by molar-refractivity contribution is 6.86. The van der Waals surface area contributed by atoms with Crippen molar-refractivity contribution in [2.45, 2.75) is 69.5 Å². The highest BCUT2D eigenvalue weighted by Gasteiger charge is 2.27. The van der Waals surface area contributed by atoms with Crippen LogP contribution in [0.25, 0.3) is 0 Å². The number of hydrogen-bond donors (Lipinski definition) is 1. The number of aliphatic hydroxyl groups excluding tert-OH is 1. The molecular weight excluding hydrogens is 377 g/mol. The second-order valence-corrected chi connectivity index (χ2v) is 27.7. The molecular formula is C12H38O4Si6. The minimum absolute atomic E-state index is 0.309. The van der Waals surface area contributed by atoms with Crippen molar-refractivity contribution in [1.29, 1.82) is 0 Å². The van der Waals surface area contributed by atoms with Gasteiger partial charge in [0, 0.05) is 6.61 Å². The Morgan fingerprint density at radius 2 is 1.32 bits per heavy atom. The third-order valence-electron chi connectivity index (χ3n) is 4.13. The minimum Gasteiger partial charge on any atom is -0.464 e. The number of hydrogen-bond acceptors (Lipinski definition) is 4. The molecule has 0 aliphatic carbocycles. The van der Waals surface area contributed by atoms with Gasteiger partial charge in [-0.15, -0.1) is 0 Å². The first kappa shape index (κ1) is 23.1. The van der Waals surface area contributed by atoms with Gasteiger partial charge in [-0.3, -0.25) is 0 Å². The first-order valence-electron chi connectivity index (χ1n) is 8.47. The summed E-state index contributed by atoms with van der Waals surface area (Å²) in [5.41, 5.74) is 2.48. The van der Waals surface area contributed by atoms with Crippen LogP contribution < -0.4 is 0 Å². The maximum Gasteiger partial charge on any atom is 0.172 e. The van der Waals surface area contributed by atoms with Gasteiger partial charge in [0.15, 0.2) is 25.0 Å². The zero-order valence-corrected chi connectivity index (χ0v) is 23.7. The van der Waals surface area contributed by atoms with Gasteiger partial charge in [0.1, 0.15) is 30.0 Å². The molecule has 22 heavy (non-hydrogen) atoms. The summed E-state index contributed by atoms with van der Waals surface area (Å²) in [6.07, 6.45) is 2.02. The number of unbranched alkanes of at least 4 members (excludes halogenated alkanes) is 1. The summed E-state index contributed by atoms with van der Waals surface area (Å²) in [5, 5.41) is 8.88. The molecule has 1 N–H and O–H groups in total. The van der Waals surface area contributed by atoms with Gasteiger partial charge in [-0.1, -0.05) is 6.42 Å². The smallest absolute Gasteiger partial charge is 0.172 e. The lowest BCUT2D eigenvalue weighted by atomic mass is 10.4. The van der Waals surface area contributed by atoms with Crippen LogP contribution in [0.15, 0.2) is 0 Å². The average molecular weight is 415 g/mol. The summed E-state index contributed by atoms with van der Waals surface area (Å²) < 4.78 is 18.4. The first-order valence-corrected chi connectivity index (χ1v) is 21.8. The van der Waals surface area contributed by atoms with E-state index in [0.29, 0.717) is 6.61 Å². The molecule has 0 heterocycles. The number of aliphatic hydroxyl groups is 1. The van der Waals surface area contributed by atoms with Gasteiger partial charge < -0.3 is 17.5 Å². The molecule has 10 heteroatoms. The fourth-order valence-corrected chi connectivity index (χ4v) is 19.3. The van der Waals surface area contributed by atoms with Gasteiger partial charge in [-0.2, -0.15) is 0 Å². The molecule has 0 fully saturated rings. The molecule has 4 nitrogen and oxygen atoms in total. The molecule has 0 unspecified atom stereocenters. The van der Waals surface area contributed by atoms with E-state index in [1.165, 1.54) is 17.4 Å². The zero-order valence-electron chi connectivity index (χ0n) is 15.8. The van der Waals surface area contributed by atoms with Crippen molar-refractivity contribution in [2.24, 2.45) is 0 Å². The molecule has 0 rings (SSSR count). The largest absolute Gasteiger partial charge is 0.464 e. The summed E-state index contributed by atoms with van der Waals surface area (Å²) in [4.78, 5) is 0. The van der Waals surface area contributed by atoms with Gasteiger partial charge in [0.05, 0.1) is 0 Å². The summed E-state index contributed by atoms with van der Waals surface area (Å²) in [6, 6.07) is 1.18. The lowest BCUT2D eigenvalue weighted by molar-refractivity contribution is 0.286. The van der Waals surface area contributed by atoms with E-state index in [1.54, 1.807) is 0 Å². The Hall–Kier alpha value is 1.14. The molecule has 0 aromatic heterocycles. The molecule has 134 valence electrons. The highest BCUT2D eigenvalue weighted by Crippen LogP contribution is 2.18. The van der Waals surface area contributed by atoms with E-state index < -0.39 is 44.5 Å². The van der Waals surface area contributed by atoms with Crippen molar-refractivity contribution in [3.8, 4) is 0 Å². The predicted molar refractivity (Wildman–Crippen MR) is 113 cm³/mol. The Labute approximate surface area is 148 Å². The van der Waals surface area contributed by atoms with Gasteiger partial charge in [0.25, 0.3) is 0 Å². The molecule has 0 aromatic carbocycles.